The second-order valence-corrected chi connectivity index (χ2v) is 5.17. The van der Waals surface area contributed by atoms with Gasteiger partial charge in [0.2, 0.25) is 0 Å². The molecule has 1 fully saturated rings. The lowest BCUT2D eigenvalue weighted by atomic mass is 10.1. The molecule has 0 bridgehead atoms. The van der Waals surface area contributed by atoms with E-state index >= 15 is 0 Å². The number of carbonyl (C=O) groups is 1. The third-order valence-electron chi connectivity index (χ3n) is 3.36. The number of aliphatic carboxylic acids is 1. The topological polar surface area (TPSA) is 64.3 Å². The summed E-state index contributed by atoms with van der Waals surface area (Å²) in [4.78, 5) is 12.7. The van der Waals surface area contributed by atoms with Crippen LogP contribution in [0.3, 0.4) is 0 Å². The summed E-state index contributed by atoms with van der Waals surface area (Å²) < 4.78 is 13.6. The van der Waals surface area contributed by atoms with E-state index in [0.717, 1.165) is 24.5 Å². The number of halogens is 1. The zero-order chi connectivity index (χ0) is 15.2. The highest BCUT2D eigenvalue weighted by atomic mass is 19.1. The number of hydrogen-bond donors (Lipinski definition) is 1. The van der Waals surface area contributed by atoms with Crippen molar-refractivity contribution >= 4 is 12.0 Å². The number of nitriles is 1. The van der Waals surface area contributed by atoms with Crippen LogP contribution in [0, 0.1) is 17.1 Å². The minimum absolute atomic E-state index is 0.381. The Labute approximate surface area is 123 Å². The van der Waals surface area contributed by atoms with Gasteiger partial charge in [0.05, 0.1) is 6.07 Å². The Bertz CT molecular complexity index is 588. The van der Waals surface area contributed by atoms with Gasteiger partial charge in [0, 0.05) is 31.6 Å². The van der Waals surface area contributed by atoms with Crippen molar-refractivity contribution in [3.8, 4) is 6.07 Å². The van der Waals surface area contributed by atoms with Gasteiger partial charge in [-0.1, -0.05) is 6.07 Å². The smallest absolute Gasteiger partial charge is 0.328 e. The molecule has 1 aromatic carbocycles. The maximum atomic E-state index is 13.6. The lowest BCUT2D eigenvalue weighted by molar-refractivity contribution is -0.131. The molecule has 0 atom stereocenters. The maximum Gasteiger partial charge on any atom is 0.328 e. The molecule has 5 heteroatoms. The lowest BCUT2D eigenvalue weighted by Crippen LogP contribution is -2.26. The lowest BCUT2D eigenvalue weighted by Gasteiger charge is -2.21. The van der Waals surface area contributed by atoms with Crippen molar-refractivity contribution in [2.24, 2.45) is 0 Å². The van der Waals surface area contributed by atoms with Crippen LogP contribution in [0.4, 0.5) is 4.39 Å². The third-order valence-corrected chi connectivity index (χ3v) is 3.36. The Morgan fingerprint density at radius 1 is 1.48 bits per heavy atom. The van der Waals surface area contributed by atoms with E-state index in [-0.39, 0.29) is 5.82 Å². The summed E-state index contributed by atoms with van der Waals surface area (Å²) >= 11 is 0. The van der Waals surface area contributed by atoms with Crippen LogP contribution in [0.25, 0.3) is 6.08 Å². The molecule has 21 heavy (non-hydrogen) atoms. The van der Waals surface area contributed by atoms with Gasteiger partial charge >= 0.3 is 5.97 Å². The minimum atomic E-state index is -1.06. The quantitative estimate of drug-likeness (QED) is 0.784. The summed E-state index contributed by atoms with van der Waals surface area (Å²) in [6.07, 6.45) is 5.06. The van der Waals surface area contributed by atoms with Crippen LogP contribution >= 0.6 is 0 Å². The Kier molecular flexibility index (Phi) is 5.07. The average Bonchev–Trinajstić information content (AvgIpc) is 3.25. The minimum Gasteiger partial charge on any atom is -0.478 e. The SMILES string of the molecule is N#CCCN(Cc1cc(F)cc(C=CC(=O)O)c1)C1CC1. The van der Waals surface area contributed by atoms with Gasteiger partial charge in [0.1, 0.15) is 5.82 Å². The van der Waals surface area contributed by atoms with Gasteiger partial charge in [-0.25, -0.2) is 9.18 Å². The molecule has 0 spiro atoms. The maximum absolute atomic E-state index is 13.6. The molecule has 0 saturated heterocycles. The van der Waals surface area contributed by atoms with Crippen LogP contribution in [0.2, 0.25) is 0 Å². The van der Waals surface area contributed by atoms with Crippen LogP contribution in [0.15, 0.2) is 24.3 Å². The van der Waals surface area contributed by atoms with E-state index in [0.29, 0.717) is 31.1 Å². The average molecular weight is 288 g/mol. The molecular weight excluding hydrogens is 271 g/mol. The highest BCUT2D eigenvalue weighted by Crippen LogP contribution is 2.28. The molecule has 1 N–H and O–H groups in total. The first kappa shape index (κ1) is 15.2. The molecule has 1 aliphatic rings. The zero-order valence-electron chi connectivity index (χ0n) is 11.6. The van der Waals surface area contributed by atoms with Crippen molar-refractivity contribution in [2.75, 3.05) is 6.54 Å². The van der Waals surface area contributed by atoms with E-state index in [1.54, 1.807) is 6.07 Å². The van der Waals surface area contributed by atoms with Crippen LogP contribution in [-0.2, 0) is 11.3 Å². The molecular formula is C16H17FN2O2. The standard InChI is InChI=1S/C16H17FN2O2/c17-14-9-12(2-5-16(20)21)8-13(10-14)11-19(7-1-6-18)15-3-4-15/h2,5,8-10,15H,1,3-4,7,11H2,(H,20,21). The summed E-state index contributed by atoms with van der Waals surface area (Å²) in [5, 5.41) is 17.3. The van der Waals surface area contributed by atoms with Crippen molar-refractivity contribution in [1.29, 1.82) is 5.26 Å². The van der Waals surface area contributed by atoms with Crippen molar-refractivity contribution < 1.29 is 14.3 Å². The van der Waals surface area contributed by atoms with Gasteiger partial charge in [0.15, 0.2) is 0 Å². The number of hydrogen-bond acceptors (Lipinski definition) is 3. The number of rotatable bonds is 7. The molecule has 0 aromatic heterocycles. The summed E-state index contributed by atoms with van der Waals surface area (Å²) in [5.41, 5.74) is 1.33. The molecule has 0 amide bonds. The van der Waals surface area contributed by atoms with Crippen LogP contribution in [0.1, 0.15) is 30.4 Å². The van der Waals surface area contributed by atoms with Crippen molar-refractivity contribution in [2.45, 2.75) is 31.8 Å². The highest BCUT2D eigenvalue weighted by molar-refractivity contribution is 5.85. The predicted molar refractivity (Wildman–Crippen MR) is 76.7 cm³/mol. The van der Waals surface area contributed by atoms with Crippen molar-refractivity contribution in [1.82, 2.24) is 4.90 Å². The zero-order valence-corrected chi connectivity index (χ0v) is 11.6. The molecule has 0 aliphatic heterocycles. The van der Waals surface area contributed by atoms with Gasteiger partial charge in [0.25, 0.3) is 0 Å². The largest absolute Gasteiger partial charge is 0.478 e. The molecule has 1 saturated carbocycles. The number of nitrogens with zero attached hydrogens (tertiary/aromatic N) is 2. The summed E-state index contributed by atoms with van der Waals surface area (Å²) in [6, 6.07) is 7.16. The van der Waals surface area contributed by atoms with Gasteiger partial charge < -0.3 is 5.11 Å². The van der Waals surface area contributed by atoms with E-state index < -0.39 is 5.97 Å². The first-order chi connectivity index (χ1) is 10.1. The Hall–Kier alpha value is -2.19. The van der Waals surface area contributed by atoms with Gasteiger partial charge in [-0.05, 0) is 42.2 Å². The van der Waals surface area contributed by atoms with Crippen molar-refractivity contribution in [3.05, 3.63) is 41.2 Å². The van der Waals surface area contributed by atoms with Crippen molar-refractivity contribution in [3.63, 3.8) is 0 Å². The monoisotopic (exact) mass is 288 g/mol. The Morgan fingerprint density at radius 2 is 2.24 bits per heavy atom. The fourth-order valence-corrected chi connectivity index (χ4v) is 2.29. The fraction of sp³-hybridized carbons (Fsp3) is 0.375. The van der Waals surface area contributed by atoms with E-state index in [4.69, 9.17) is 10.4 Å². The van der Waals surface area contributed by atoms with Gasteiger partial charge in [-0.3, -0.25) is 4.90 Å². The van der Waals surface area contributed by atoms with Crippen LogP contribution in [0.5, 0.6) is 0 Å². The first-order valence-electron chi connectivity index (χ1n) is 6.90. The predicted octanol–water partition coefficient (Wildman–Crippen LogP) is 2.80. The highest BCUT2D eigenvalue weighted by Gasteiger charge is 2.28. The normalized spacial score (nSPS) is 14.5. The molecule has 1 aromatic rings. The van der Waals surface area contributed by atoms with E-state index in [1.165, 1.54) is 18.2 Å². The number of carboxylic acids is 1. The molecule has 0 heterocycles. The Morgan fingerprint density at radius 3 is 2.86 bits per heavy atom. The summed E-state index contributed by atoms with van der Waals surface area (Å²) in [6.45, 7) is 1.26. The molecule has 110 valence electrons. The van der Waals surface area contributed by atoms with E-state index in [2.05, 4.69) is 11.0 Å². The second kappa shape index (κ2) is 7.00. The first-order valence-corrected chi connectivity index (χ1v) is 6.90. The molecule has 0 unspecified atom stereocenters. The third kappa shape index (κ3) is 5.01. The fourth-order valence-electron chi connectivity index (χ4n) is 2.29. The van der Waals surface area contributed by atoms with E-state index in [1.807, 2.05) is 0 Å². The van der Waals surface area contributed by atoms with Crippen LogP contribution < -0.4 is 0 Å². The molecule has 4 nitrogen and oxygen atoms in total. The summed E-state index contributed by atoms with van der Waals surface area (Å²) in [7, 11) is 0. The number of carboxylic acid groups (broad SMARTS) is 1. The molecule has 1 aliphatic carbocycles. The Balaban J connectivity index is 2.11. The van der Waals surface area contributed by atoms with Crippen LogP contribution in [-0.4, -0.2) is 28.6 Å². The molecule has 0 radical (unpaired) electrons. The van der Waals surface area contributed by atoms with Gasteiger partial charge in [-0.2, -0.15) is 5.26 Å². The molecule has 2 rings (SSSR count). The summed E-state index contributed by atoms with van der Waals surface area (Å²) in [5.74, 6) is -1.44. The second-order valence-electron chi connectivity index (χ2n) is 5.17. The van der Waals surface area contributed by atoms with Gasteiger partial charge in [-0.15, -0.1) is 0 Å². The number of benzene rings is 1. The van der Waals surface area contributed by atoms with E-state index in [9.17, 15) is 9.18 Å².